The molecular weight excluding hydrogens is 502 g/mol. The molecule has 3 N–H and O–H groups in total. The quantitative estimate of drug-likeness (QED) is 0.356. The third-order valence-corrected chi connectivity index (χ3v) is 7.91. The number of anilines is 1. The van der Waals surface area contributed by atoms with Crippen LogP contribution < -0.4 is 25.3 Å². The fraction of sp³-hybridized carbons (Fsp3) is 0.424. The number of carbonyl (C=O) groups is 1. The maximum absolute atomic E-state index is 13.6. The number of ether oxygens (including phenoxy) is 3. The van der Waals surface area contributed by atoms with Crippen LogP contribution in [0.15, 0.2) is 54.6 Å². The first-order valence-electron chi connectivity index (χ1n) is 14.5. The maximum atomic E-state index is 13.6. The molecule has 7 nitrogen and oxygen atoms in total. The molecule has 0 unspecified atom stereocenters. The van der Waals surface area contributed by atoms with Crippen LogP contribution in [0.4, 0.5) is 5.69 Å². The van der Waals surface area contributed by atoms with Crippen LogP contribution in [0.25, 0.3) is 0 Å². The number of nitrogens with two attached hydrogens (primary N) is 1. The fourth-order valence-electron chi connectivity index (χ4n) is 5.97. The zero-order valence-corrected chi connectivity index (χ0v) is 23.9. The van der Waals surface area contributed by atoms with Crippen LogP contribution in [0.5, 0.6) is 17.2 Å². The minimum absolute atomic E-state index is 0.0176. The second-order valence-corrected chi connectivity index (χ2v) is 10.7. The molecule has 0 aliphatic carbocycles. The molecule has 3 aromatic rings. The highest BCUT2D eigenvalue weighted by Crippen LogP contribution is 2.43. The van der Waals surface area contributed by atoms with E-state index in [0.29, 0.717) is 32.9 Å². The highest BCUT2D eigenvalue weighted by atomic mass is 16.6. The molecular formula is C33H41N3O4. The number of aryl methyl sites for hydroxylation is 3. The minimum Gasteiger partial charge on any atom is -0.492 e. The van der Waals surface area contributed by atoms with Crippen molar-refractivity contribution in [1.29, 1.82) is 0 Å². The largest absolute Gasteiger partial charge is 0.492 e. The summed E-state index contributed by atoms with van der Waals surface area (Å²) in [6.45, 7) is 9.58. The molecule has 5 rings (SSSR count). The number of hydrogen-bond donors (Lipinski definition) is 2. The van der Waals surface area contributed by atoms with Gasteiger partial charge in [-0.15, -0.1) is 0 Å². The number of amides is 1. The van der Waals surface area contributed by atoms with Crippen LogP contribution in [0.2, 0.25) is 0 Å². The van der Waals surface area contributed by atoms with Crippen molar-refractivity contribution < 1.29 is 19.0 Å². The number of carbonyl (C=O) groups excluding carboxylic acids is 1. The summed E-state index contributed by atoms with van der Waals surface area (Å²) in [6.07, 6.45) is 2.66. The lowest BCUT2D eigenvalue weighted by molar-refractivity contribution is -0.117. The Labute approximate surface area is 237 Å². The van der Waals surface area contributed by atoms with E-state index in [0.717, 1.165) is 48.7 Å². The van der Waals surface area contributed by atoms with Crippen molar-refractivity contribution in [2.75, 3.05) is 44.8 Å². The van der Waals surface area contributed by atoms with E-state index in [1.807, 2.05) is 18.2 Å². The Morgan fingerprint density at radius 1 is 0.975 bits per heavy atom. The summed E-state index contributed by atoms with van der Waals surface area (Å²) in [5.74, 6) is 2.68. The van der Waals surface area contributed by atoms with Crippen LogP contribution in [0, 0.1) is 6.92 Å². The summed E-state index contributed by atoms with van der Waals surface area (Å²) in [5, 5.41) is 3.29. The first kappa shape index (κ1) is 28.0. The Bertz CT molecular complexity index is 1300. The van der Waals surface area contributed by atoms with E-state index in [9.17, 15) is 4.79 Å². The molecule has 2 aliphatic heterocycles. The van der Waals surface area contributed by atoms with Gasteiger partial charge in [-0.05, 0) is 78.6 Å². The number of rotatable bonds is 10. The van der Waals surface area contributed by atoms with Gasteiger partial charge in [-0.25, -0.2) is 0 Å². The first-order valence-corrected chi connectivity index (χ1v) is 14.5. The van der Waals surface area contributed by atoms with Crippen molar-refractivity contribution in [1.82, 2.24) is 4.90 Å². The van der Waals surface area contributed by atoms with Gasteiger partial charge in [0, 0.05) is 24.8 Å². The highest BCUT2D eigenvalue weighted by molar-refractivity contribution is 5.94. The fourth-order valence-corrected chi connectivity index (χ4v) is 5.97. The SMILES string of the molecule is CCc1cc(C)cc(CC)c1NC(=O)CN1C[C@H](c2ccc3c(c2)OCCO3)C[C@@H]1c1ccc(OCCN)cc1. The van der Waals surface area contributed by atoms with E-state index in [2.05, 4.69) is 67.4 Å². The Kier molecular flexibility index (Phi) is 8.92. The summed E-state index contributed by atoms with van der Waals surface area (Å²) in [7, 11) is 0. The summed E-state index contributed by atoms with van der Waals surface area (Å²) in [4.78, 5) is 15.9. The Morgan fingerprint density at radius 3 is 2.33 bits per heavy atom. The van der Waals surface area contributed by atoms with E-state index in [-0.39, 0.29) is 17.9 Å². The van der Waals surface area contributed by atoms with Crippen molar-refractivity contribution in [3.63, 3.8) is 0 Å². The zero-order valence-electron chi connectivity index (χ0n) is 23.9. The molecule has 2 heterocycles. The minimum atomic E-state index is 0.0176. The molecule has 1 saturated heterocycles. The molecule has 1 fully saturated rings. The molecule has 0 bridgehead atoms. The van der Waals surface area contributed by atoms with Gasteiger partial charge in [0.25, 0.3) is 0 Å². The van der Waals surface area contributed by atoms with Crippen LogP contribution in [0.1, 0.15) is 60.0 Å². The van der Waals surface area contributed by atoms with Crippen molar-refractivity contribution in [2.45, 2.75) is 52.0 Å². The molecule has 2 atom stereocenters. The van der Waals surface area contributed by atoms with E-state index in [4.69, 9.17) is 19.9 Å². The molecule has 1 amide bonds. The first-order chi connectivity index (χ1) is 19.5. The van der Waals surface area contributed by atoms with E-state index in [1.54, 1.807) is 0 Å². The highest BCUT2D eigenvalue weighted by Gasteiger charge is 2.35. The number of benzene rings is 3. The monoisotopic (exact) mass is 543 g/mol. The number of hydrogen-bond acceptors (Lipinski definition) is 6. The summed E-state index contributed by atoms with van der Waals surface area (Å²) >= 11 is 0. The maximum Gasteiger partial charge on any atom is 0.238 e. The zero-order chi connectivity index (χ0) is 28.1. The third kappa shape index (κ3) is 6.26. The predicted molar refractivity (Wildman–Crippen MR) is 159 cm³/mol. The van der Waals surface area contributed by atoms with Gasteiger partial charge in [-0.2, -0.15) is 0 Å². The van der Waals surface area contributed by atoms with Gasteiger partial charge in [0.1, 0.15) is 25.6 Å². The topological polar surface area (TPSA) is 86.1 Å². The summed E-state index contributed by atoms with van der Waals surface area (Å²) in [6, 6.07) is 18.9. The summed E-state index contributed by atoms with van der Waals surface area (Å²) < 4.78 is 17.3. The Balaban J connectivity index is 1.38. The van der Waals surface area contributed by atoms with Crippen LogP contribution in [0.3, 0.4) is 0 Å². The second-order valence-electron chi connectivity index (χ2n) is 10.7. The van der Waals surface area contributed by atoms with Crippen molar-refractivity contribution in [2.24, 2.45) is 5.73 Å². The Morgan fingerprint density at radius 2 is 1.65 bits per heavy atom. The van der Waals surface area contributed by atoms with Crippen molar-refractivity contribution >= 4 is 11.6 Å². The predicted octanol–water partition coefficient (Wildman–Crippen LogP) is 5.40. The van der Waals surface area contributed by atoms with Gasteiger partial charge in [-0.1, -0.05) is 49.7 Å². The number of nitrogens with zero attached hydrogens (tertiary/aromatic N) is 1. The van der Waals surface area contributed by atoms with Gasteiger partial charge in [-0.3, -0.25) is 9.69 Å². The number of nitrogens with one attached hydrogen (secondary N) is 1. The van der Waals surface area contributed by atoms with Crippen LogP contribution in [-0.2, 0) is 17.6 Å². The van der Waals surface area contributed by atoms with Crippen LogP contribution >= 0.6 is 0 Å². The normalized spacial score (nSPS) is 18.5. The Hall–Kier alpha value is -3.55. The van der Waals surface area contributed by atoms with Gasteiger partial charge < -0.3 is 25.3 Å². The molecule has 7 heteroatoms. The van der Waals surface area contributed by atoms with E-state index >= 15 is 0 Å². The van der Waals surface area contributed by atoms with Gasteiger partial charge in [0.15, 0.2) is 11.5 Å². The average Bonchev–Trinajstić information content (AvgIpc) is 3.40. The van der Waals surface area contributed by atoms with Crippen molar-refractivity contribution in [3.8, 4) is 17.2 Å². The molecule has 2 aliphatic rings. The second kappa shape index (κ2) is 12.7. The summed E-state index contributed by atoms with van der Waals surface area (Å²) in [5.41, 5.74) is 12.6. The lowest BCUT2D eigenvalue weighted by Crippen LogP contribution is -2.33. The standard InChI is InChI=1S/C33H41N3O4/c1-4-23-16-22(3)17-24(5-2)33(23)35-32(37)21-36-20-27(26-8-11-30-31(19-26)40-15-14-39-30)18-29(36)25-6-9-28(10-7-25)38-13-12-34/h6-11,16-17,19,27,29H,4-5,12-15,18,20-21,34H2,1-3H3,(H,35,37)/t27-,29-/m1/s1. The molecule has 3 aromatic carbocycles. The molecule has 0 saturated carbocycles. The van der Waals surface area contributed by atoms with Crippen LogP contribution in [-0.4, -0.2) is 50.3 Å². The average molecular weight is 544 g/mol. The van der Waals surface area contributed by atoms with E-state index in [1.165, 1.54) is 27.8 Å². The lowest BCUT2D eigenvalue weighted by atomic mass is 9.93. The molecule has 212 valence electrons. The third-order valence-electron chi connectivity index (χ3n) is 7.91. The molecule has 40 heavy (non-hydrogen) atoms. The van der Waals surface area contributed by atoms with E-state index < -0.39 is 0 Å². The molecule has 0 spiro atoms. The smallest absolute Gasteiger partial charge is 0.238 e. The van der Waals surface area contributed by atoms with Crippen molar-refractivity contribution in [3.05, 3.63) is 82.4 Å². The number of likely N-dealkylation sites (tertiary alicyclic amines) is 1. The molecule has 0 radical (unpaired) electrons. The number of fused-ring (bicyclic) bond motifs is 1. The van der Waals surface area contributed by atoms with Gasteiger partial charge >= 0.3 is 0 Å². The molecule has 0 aromatic heterocycles. The lowest BCUT2D eigenvalue weighted by Gasteiger charge is -2.25. The van der Waals surface area contributed by atoms with Gasteiger partial charge in [0.05, 0.1) is 6.54 Å². The van der Waals surface area contributed by atoms with Gasteiger partial charge in [0.2, 0.25) is 5.91 Å².